The van der Waals surface area contributed by atoms with Crippen LogP contribution in [0.4, 0.5) is 0 Å². The molecule has 1 aromatic carbocycles. The molecule has 9 nitrogen and oxygen atoms in total. The molecule has 0 aliphatic heterocycles. The minimum atomic E-state index is -0.998. The Kier molecular flexibility index (Phi) is 6.07. The van der Waals surface area contributed by atoms with Crippen molar-refractivity contribution in [2.24, 2.45) is 0 Å². The number of H-pyrrole nitrogens is 1. The van der Waals surface area contributed by atoms with E-state index in [9.17, 15) is 24.6 Å². The SMILES string of the molecule is COC(=O)CC(c1ccc(OC)c(O)c1)c1c(O)c(C(=O)OC)c[nH]c1=O. The molecule has 0 saturated carbocycles. The maximum Gasteiger partial charge on any atom is 0.343 e. The molecule has 1 aromatic heterocycles. The first-order valence-electron chi connectivity index (χ1n) is 7.80. The van der Waals surface area contributed by atoms with Crippen molar-refractivity contribution < 1.29 is 34.0 Å². The number of carbonyl (C=O) groups excluding carboxylic acids is 2. The zero-order valence-electron chi connectivity index (χ0n) is 14.9. The van der Waals surface area contributed by atoms with Crippen LogP contribution in [0.15, 0.2) is 29.2 Å². The summed E-state index contributed by atoms with van der Waals surface area (Å²) in [5.41, 5.74) is -0.863. The van der Waals surface area contributed by atoms with Crippen LogP contribution in [0.25, 0.3) is 0 Å². The molecule has 0 aliphatic carbocycles. The summed E-state index contributed by atoms with van der Waals surface area (Å²) in [5, 5.41) is 20.5. The third-order valence-corrected chi connectivity index (χ3v) is 4.06. The molecule has 144 valence electrons. The van der Waals surface area contributed by atoms with Crippen LogP contribution in [0.5, 0.6) is 17.2 Å². The largest absolute Gasteiger partial charge is 0.506 e. The van der Waals surface area contributed by atoms with Gasteiger partial charge in [-0.15, -0.1) is 0 Å². The van der Waals surface area contributed by atoms with Crippen LogP contribution < -0.4 is 10.3 Å². The lowest BCUT2D eigenvalue weighted by atomic mass is 9.87. The van der Waals surface area contributed by atoms with Crippen molar-refractivity contribution in [1.29, 1.82) is 0 Å². The summed E-state index contributed by atoms with van der Waals surface area (Å²) >= 11 is 0. The van der Waals surface area contributed by atoms with E-state index in [0.29, 0.717) is 5.56 Å². The first-order valence-corrected chi connectivity index (χ1v) is 7.80. The average molecular weight is 377 g/mol. The van der Waals surface area contributed by atoms with Crippen LogP contribution in [-0.4, -0.2) is 48.5 Å². The molecule has 0 saturated heterocycles. The predicted octanol–water partition coefficient (Wildman–Crippen LogP) is 1.28. The zero-order valence-corrected chi connectivity index (χ0v) is 14.9. The predicted molar refractivity (Wildman–Crippen MR) is 93.2 cm³/mol. The summed E-state index contributed by atoms with van der Waals surface area (Å²) in [5.74, 6) is -3.16. The number of rotatable bonds is 6. The van der Waals surface area contributed by atoms with Gasteiger partial charge in [-0.2, -0.15) is 0 Å². The number of phenolic OH excluding ortho intramolecular Hbond substituents is 1. The summed E-state index contributed by atoms with van der Waals surface area (Å²) in [6.45, 7) is 0. The van der Waals surface area contributed by atoms with Crippen LogP contribution in [-0.2, 0) is 14.3 Å². The molecule has 9 heteroatoms. The number of aromatic amines is 1. The highest BCUT2D eigenvalue weighted by Gasteiger charge is 2.28. The van der Waals surface area contributed by atoms with E-state index >= 15 is 0 Å². The number of methoxy groups -OCH3 is 3. The molecule has 0 amide bonds. The molecule has 27 heavy (non-hydrogen) atoms. The Hall–Kier alpha value is -3.49. The molecule has 0 fully saturated rings. The maximum atomic E-state index is 12.4. The van der Waals surface area contributed by atoms with E-state index in [-0.39, 0.29) is 29.0 Å². The van der Waals surface area contributed by atoms with Crippen molar-refractivity contribution in [1.82, 2.24) is 4.98 Å². The van der Waals surface area contributed by atoms with Crippen LogP contribution in [0.3, 0.4) is 0 Å². The zero-order chi connectivity index (χ0) is 20.1. The quantitative estimate of drug-likeness (QED) is 0.641. The summed E-state index contributed by atoms with van der Waals surface area (Å²) in [4.78, 5) is 38.4. The number of hydrogen-bond donors (Lipinski definition) is 3. The van der Waals surface area contributed by atoms with Gasteiger partial charge < -0.3 is 29.4 Å². The van der Waals surface area contributed by atoms with Crippen molar-refractivity contribution >= 4 is 11.9 Å². The third-order valence-electron chi connectivity index (χ3n) is 4.06. The molecule has 2 rings (SSSR count). The third kappa shape index (κ3) is 4.02. The van der Waals surface area contributed by atoms with Gasteiger partial charge in [0.2, 0.25) is 0 Å². The molecular formula is C18H19NO8. The number of nitrogens with one attached hydrogen (secondary N) is 1. The molecular weight excluding hydrogens is 358 g/mol. The molecule has 2 aromatic rings. The lowest BCUT2D eigenvalue weighted by molar-refractivity contribution is -0.140. The Morgan fingerprint density at radius 2 is 1.85 bits per heavy atom. The van der Waals surface area contributed by atoms with Gasteiger partial charge in [0, 0.05) is 12.1 Å². The second-order valence-corrected chi connectivity index (χ2v) is 5.55. The molecule has 0 bridgehead atoms. The Balaban J connectivity index is 2.68. The normalized spacial score (nSPS) is 11.5. The molecule has 1 heterocycles. The van der Waals surface area contributed by atoms with Gasteiger partial charge in [0.05, 0.1) is 33.3 Å². The average Bonchev–Trinajstić information content (AvgIpc) is 2.66. The molecule has 1 atom stereocenters. The lowest BCUT2D eigenvalue weighted by Crippen LogP contribution is -2.22. The fourth-order valence-electron chi connectivity index (χ4n) is 2.69. The number of ether oxygens (including phenoxy) is 3. The van der Waals surface area contributed by atoms with Gasteiger partial charge in [-0.1, -0.05) is 6.07 Å². The van der Waals surface area contributed by atoms with Crippen molar-refractivity contribution in [2.75, 3.05) is 21.3 Å². The highest BCUT2D eigenvalue weighted by atomic mass is 16.5. The van der Waals surface area contributed by atoms with E-state index in [4.69, 9.17) is 4.74 Å². The smallest absolute Gasteiger partial charge is 0.343 e. The number of benzene rings is 1. The monoisotopic (exact) mass is 377 g/mol. The summed E-state index contributed by atoms with van der Waals surface area (Å²) in [6, 6.07) is 4.27. The number of aromatic nitrogens is 1. The number of hydrogen-bond acceptors (Lipinski definition) is 8. The van der Waals surface area contributed by atoms with E-state index in [1.165, 1.54) is 32.4 Å². The first kappa shape index (κ1) is 19.8. The van der Waals surface area contributed by atoms with Gasteiger partial charge in [0.15, 0.2) is 11.5 Å². The Labute approximate surface area is 154 Å². The van der Waals surface area contributed by atoms with Gasteiger partial charge in [-0.3, -0.25) is 9.59 Å². The van der Waals surface area contributed by atoms with E-state index in [1.807, 2.05) is 0 Å². The van der Waals surface area contributed by atoms with Crippen LogP contribution in [0.2, 0.25) is 0 Å². The van der Waals surface area contributed by atoms with Crippen molar-refractivity contribution in [3.63, 3.8) is 0 Å². The van der Waals surface area contributed by atoms with Gasteiger partial charge in [-0.25, -0.2) is 4.79 Å². The van der Waals surface area contributed by atoms with Crippen LogP contribution >= 0.6 is 0 Å². The van der Waals surface area contributed by atoms with Crippen molar-refractivity contribution in [2.45, 2.75) is 12.3 Å². The number of carbonyl (C=O) groups is 2. The summed E-state index contributed by atoms with van der Waals surface area (Å²) in [7, 11) is 3.68. The number of esters is 2. The van der Waals surface area contributed by atoms with Gasteiger partial charge >= 0.3 is 11.9 Å². The summed E-state index contributed by atoms with van der Waals surface area (Å²) < 4.78 is 14.2. The van der Waals surface area contributed by atoms with Crippen LogP contribution in [0, 0.1) is 0 Å². The van der Waals surface area contributed by atoms with Crippen molar-refractivity contribution in [3.05, 3.63) is 51.4 Å². The second kappa shape index (κ2) is 8.26. The lowest BCUT2D eigenvalue weighted by Gasteiger charge is -2.19. The van der Waals surface area contributed by atoms with Gasteiger partial charge in [0.1, 0.15) is 11.3 Å². The van der Waals surface area contributed by atoms with E-state index < -0.39 is 29.2 Å². The molecule has 1 unspecified atom stereocenters. The fourth-order valence-corrected chi connectivity index (χ4v) is 2.69. The van der Waals surface area contributed by atoms with E-state index in [0.717, 1.165) is 13.3 Å². The second-order valence-electron chi connectivity index (χ2n) is 5.55. The van der Waals surface area contributed by atoms with Gasteiger partial charge in [-0.05, 0) is 17.7 Å². The number of phenols is 1. The Morgan fingerprint density at radius 3 is 2.41 bits per heavy atom. The molecule has 3 N–H and O–H groups in total. The van der Waals surface area contributed by atoms with E-state index in [2.05, 4.69) is 14.5 Å². The minimum Gasteiger partial charge on any atom is -0.506 e. The van der Waals surface area contributed by atoms with E-state index in [1.54, 1.807) is 0 Å². The molecule has 0 aliphatic rings. The molecule has 0 spiro atoms. The highest BCUT2D eigenvalue weighted by Crippen LogP contribution is 2.37. The fraction of sp³-hybridized carbons (Fsp3) is 0.278. The van der Waals surface area contributed by atoms with Gasteiger partial charge in [0.25, 0.3) is 5.56 Å². The minimum absolute atomic E-state index is 0.192. The first-order chi connectivity index (χ1) is 12.8. The standard InChI is InChI=1S/C18H19NO8/c1-25-13-5-4-9(6-12(13)20)10(7-14(21)26-2)15-16(22)11(18(24)27-3)8-19-17(15)23/h4-6,8,10,20H,7H2,1-3H3,(H2,19,22,23). The van der Waals surface area contributed by atoms with Crippen molar-refractivity contribution in [3.8, 4) is 17.2 Å². The number of pyridine rings is 1. The Morgan fingerprint density at radius 1 is 1.15 bits per heavy atom. The highest BCUT2D eigenvalue weighted by molar-refractivity contribution is 5.92. The van der Waals surface area contributed by atoms with Crippen LogP contribution in [0.1, 0.15) is 33.8 Å². The maximum absolute atomic E-state index is 12.4. The number of aromatic hydroxyl groups is 2. The topological polar surface area (TPSA) is 135 Å². The summed E-state index contributed by atoms with van der Waals surface area (Å²) in [6.07, 6.45) is 0.706. The Bertz CT molecular complexity index is 918. The molecule has 0 radical (unpaired) electrons.